The molecular weight excluding hydrogens is 288 g/mol. The van der Waals surface area contributed by atoms with E-state index in [0.29, 0.717) is 11.8 Å². The van der Waals surface area contributed by atoms with E-state index >= 15 is 0 Å². The normalized spacial score (nSPS) is 51.9. The van der Waals surface area contributed by atoms with E-state index in [-0.39, 0.29) is 28.6 Å². The molecule has 3 aliphatic rings. The molecular formula is C20H30O3. The Morgan fingerprint density at radius 1 is 1.30 bits per heavy atom. The summed E-state index contributed by atoms with van der Waals surface area (Å²) in [6.07, 6.45) is 8.99. The zero-order valence-corrected chi connectivity index (χ0v) is 14.8. The molecule has 2 saturated carbocycles. The van der Waals surface area contributed by atoms with E-state index in [1.54, 1.807) is 6.26 Å². The van der Waals surface area contributed by atoms with Crippen LogP contribution in [0.3, 0.4) is 0 Å². The van der Waals surface area contributed by atoms with Crippen molar-refractivity contribution in [2.45, 2.75) is 77.6 Å². The Morgan fingerprint density at radius 2 is 2.09 bits per heavy atom. The van der Waals surface area contributed by atoms with Gasteiger partial charge in [0.2, 0.25) is 0 Å². The van der Waals surface area contributed by atoms with Crippen LogP contribution < -0.4 is 0 Å². The average Bonchev–Trinajstić information content (AvgIpc) is 2.99. The number of ether oxygens (including phenoxy) is 1. The molecule has 3 fully saturated rings. The molecule has 128 valence electrons. The summed E-state index contributed by atoms with van der Waals surface area (Å²) in [5.74, 6) is 1.20. The fraction of sp³-hybridized carbons (Fsp3) is 0.800. The van der Waals surface area contributed by atoms with E-state index in [0.717, 1.165) is 19.3 Å². The number of hydrogen-bond donors (Lipinski definition) is 1. The third kappa shape index (κ3) is 2.02. The zero-order chi connectivity index (χ0) is 16.5. The smallest absolute Gasteiger partial charge is 0.113 e. The summed E-state index contributed by atoms with van der Waals surface area (Å²) in [6.45, 7) is 9.52. The molecule has 7 atom stereocenters. The molecule has 1 N–H and O–H groups in total. The third-order valence-corrected chi connectivity index (χ3v) is 8.14. The summed E-state index contributed by atoms with van der Waals surface area (Å²) in [5, 5.41) is 10.6. The Labute approximate surface area is 139 Å². The van der Waals surface area contributed by atoms with Gasteiger partial charge in [-0.3, -0.25) is 0 Å². The van der Waals surface area contributed by atoms with Gasteiger partial charge in [-0.15, -0.1) is 0 Å². The molecule has 0 spiro atoms. The van der Waals surface area contributed by atoms with Crippen LogP contribution in [-0.4, -0.2) is 22.9 Å². The van der Waals surface area contributed by atoms with Crippen LogP contribution in [0.25, 0.3) is 0 Å². The Bertz CT molecular complexity index is 582. The second kappa shape index (κ2) is 4.86. The van der Waals surface area contributed by atoms with Crippen LogP contribution in [0.15, 0.2) is 23.0 Å². The number of aliphatic hydroxyl groups excluding tert-OH is 1. The second-order valence-electron chi connectivity index (χ2n) is 9.00. The predicted molar refractivity (Wildman–Crippen MR) is 89.0 cm³/mol. The number of epoxide rings is 1. The molecule has 4 rings (SSSR count). The van der Waals surface area contributed by atoms with E-state index < -0.39 is 0 Å². The van der Waals surface area contributed by atoms with Gasteiger partial charge in [0.25, 0.3) is 0 Å². The SMILES string of the molecule is CC1CCC2(C)C(CC(O)C3OC32C)C1(C)CCc1ccoc1. The molecule has 23 heavy (non-hydrogen) atoms. The van der Waals surface area contributed by atoms with Crippen molar-refractivity contribution in [3.8, 4) is 0 Å². The Morgan fingerprint density at radius 3 is 2.78 bits per heavy atom. The van der Waals surface area contributed by atoms with Crippen molar-refractivity contribution in [2.75, 3.05) is 0 Å². The lowest BCUT2D eigenvalue weighted by molar-refractivity contribution is -0.119. The fourth-order valence-corrected chi connectivity index (χ4v) is 5.98. The maximum absolute atomic E-state index is 10.6. The average molecular weight is 318 g/mol. The van der Waals surface area contributed by atoms with Crippen molar-refractivity contribution in [3.05, 3.63) is 24.2 Å². The minimum atomic E-state index is -0.295. The van der Waals surface area contributed by atoms with E-state index in [2.05, 4.69) is 33.8 Å². The lowest BCUT2D eigenvalue weighted by Gasteiger charge is -2.59. The molecule has 2 aliphatic carbocycles. The van der Waals surface area contributed by atoms with Gasteiger partial charge in [0, 0.05) is 5.41 Å². The van der Waals surface area contributed by atoms with Gasteiger partial charge in [0.15, 0.2) is 0 Å². The predicted octanol–water partition coefficient (Wildman–Crippen LogP) is 4.19. The number of rotatable bonds is 3. The van der Waals surface area contributed by atoms with Crippen LogP contribution in [0.5, 0.6) is 0 Å². The summed E-state index contributed by atoms with van der Waals surface area (Å²) in [4.78, 5) is 0. The summed E-state index contributed by atoms with van der Waals surface area (Å²) in [5.41, 5.74) is 1.60. The molecule has 7 unspecified atom stereocenters. The highest BCUT2D eigenvalue weighted by Gasteiger charge is 2.74. The van der Waals surface area contributed by atoms with Gasteiger partial charge in [-0.25, -0.2) is 0 Å². The first-order valence-electron chi connectivity index (χ1n) is 9.18. The molecule has 0 bridgehead atoms. The molecule has 1 saturated heterocycles. The number of aryl methyl sites for hydroxylation is 1. The lowest BCUT2D eigenvalue weighted by atomic mass is 9.44. The first-order valence-corrected chi connectivity index (χ1v) is 9.18. The van der Waals surface area contributed by atoms with E-state index in [9.17, 15) is 5.11 Å². The van der Waals surface area contributed by atoms with Crippen molar-refractivity contribution in [1.82, 2.24) is 0 Å². The Balaban J connectivity index is 1.64. The summed E-state index contributed by atoms with van der Waals surface area (Å²) >= 11 is 0. The lowest BCUT2D eigenvalue weighted by Crippen LogP contribution is -2.59. The number of hydrogen-bond acceptors (Lipinski definition) is 3. The maximum atomic E-state index is 10.6. The minimum Gasteiger partial charge on any atom is -0.472 e. The van der Waals surface area contributed by atoms with E-state index in [4.69, 9.17) is 9.15 Å². The van der Waals surface area contributed by atoms with Crippen LogP contribution in [0, 0.1) is 22.7 Å². The molecule has 0 radical (unpaired) electrons. The minimum absolute atomic E-state index is 0.0651. The first kappa shape index (κ1) is 15.7. The van der Waals surface area contributed by atoms with Crippen molar-refractivity contribution >= 4 is 0 Å². The molecule has 2 heterocycles. The van der Waals surface area contributed by atoms with Crippen LogP contribution in [0.2, 0.25) is 0 Å². The summed E-state index contributed by atoms with van der Waals surface area (Å²) < 4.78 is 11.3. The first-order chi connectivity index (χ1) is 10.8. The van der Waals surface area contributed by atoms with E-state index in [1.165, 1.54) is 18.4 Å². The van der Waals surface area contributed by atoms with Crippen LogP contribution in [0.1, 0.15) is 58.9 Å². The summed E-state index contributed by atoms with van der Waals surface area (Å²) in [6, 6.07) is 2.08. The topological polar surface area (TPSA) is 45.9 Å². The van der Waals surface area contributed by atoms with Crippen LogP contribution in [-0.2, 0) is 11.2 Å². The van der Waals surface area contributed by atoms with Gasteiger partial charge in [-0.1, -0.05) is 20.8 Å². The highest BCUT2D eigenvalue weighted by Crippen LogP contribution is 2.70. The van der Waals surface area contributed by atoms with Crippen LogP contribution >= 0.6 is 0 Å². The largest absolute Gasteiger partial charge is 0.472 e. The van der Waals surface area contributed by atoms with Crippen molar-refractivity contribution < 1.29 is 14.3 Å². The highest BCUT2D eigenvalue weighted by atomic mass is 16.6. The zero-order valence-electron chi connectivity index (χ0n) is 14.8. The third-order valence-electron chi connectivity index (χ3n) is 8.14. The van der Waals surface area contributed by atoms with Gasteiger partial charge in [-0.2, -0.15) is 0 Å². The van der Waals surface area contributed by atoms with Gasteiger partial charge < -0.3 is 14.3 Å². The Kier molecular flexibility index (Phi) is 3.32. The van der Waals surface area contributed by atoms with Crippen molar-refractivity contribution in [3.63, 3.8) is 0 Å². The van der Waals surface area contributed by atoms with Crippen molar-refractivity contribution in [1.29, 1.82) is 0 Å². The highest BCUT2D eigenvalue weighted by molar-refractivity contribution is 5.22. The summed E-state index contributed by atoms with van der Waals surface area (Å²) in [7, 11) is 0. The van der Waals surface area contributed by atoms with Crippen molar-refractivity contribution in [2.24, 2.45) is 22.7 Å². The standard InChI is InChI=1S/C20H30O3/c1-13-5-9-19(3)16(11-15(21)17-20(19,4)23-17)18(13,2)8-6-14-7-10-22-12-14/h7,10,12-13,15-17,21H,5-6,8-9,11H2,1-4H3. The van der Waals surface area contributed by atoms with Gasteiger partial charge in [0.1, 0.15) is 11.7 Å². The monoisotopic (exact) mass is 318 g/mol. The van der Waals surface area contributed by atoms with Gasteiger partial charge >= 0.3 is 0 Å². The number of furan rings is 1. The molecule has 3 heteroatoms. The molecule has 1 aliphatic heterocycles. The second-order valence-corrected chi connectivity index (χ2v) is 9.00. The number of aliphatic hydroxyl groups is 1. The Hall–Kier alpha value is -0.800. The van der Waals surface area contributed by atoms with Gasteiger partial charge in [-0.05, 0) is 67.9 Å². The van der Waals surface area contributed by atoms with Crippen LogP contribution in [0.4, 0.5) is 0 Å². The quantitative estimate of drug-likeness (QED) is 0.850. The molecule has 0 aromatic carbocycles. The molecule has 0 amide bonds. The molecule has 1 aromatic rings. The van der Waals surface area contributed by atoms with E-state index in [1.807, 2.05) is 6.26 Å². The van der Waals surface area contributed by atoms with Gasteiger partial charge in [0.05, 0.1) is 18.6 Å². The maximum Gasteiger partial charge on any atom is 0.113 e. The molecule has 3 nitrogen and oxygen atoms in total. The molecule has 1 aromatic heterocycles. The number of fused-ring (bicyclic) bond motifs is 3. The fourth-order valence-electron chi connectivity index (χ4n) is 5.98.